The number of hydrogen-bond donors (Lipinski definition) is 1. The molecule has 4 nitrogen and oxygen atoms in total. The number of hydrogen-bond acceptors (Lipinski definition) is 4. The van der Waals surface area contributed by atoms with Crippen LogP contribution in [0.2, 0.25) is 0 Å². The molecular weight excluding hydrogens is 260 g/mol. The van der Waals surface area contributed by atoms with Gasteiger partial charge in [-0.25, -0.2) is 0 Å². The van der Waals surface area contributed by atoms with Crippen LogP contribution in [-0.2, 0) is 11.3 Å². The van der Waals surface area contributed by atoms with Gasteiger partial charge in [-0.1, -0.05) is 18.2 Å². The van der Waals surface area contributed by atoms with E-state index in [1.165, 1.54) is 0 Å². The topological polar surface area (TPSA) is 41.6 Å². The molecule has 0 aliphatic carbocycles. The normalized spacial score (nSPS) is 18.9. The van der Waals surface area contributed by atoms with Gasteiger partial charge in [-0.3, -0.25) is 4.79 Å². The van der Waals surface area contributed by atoms with Crippen molar-refractivity contribution in [1.29, 1.82) is 0 Å². The van der Waals surface area contributed by atoms with Gasteiger partial charge in [0.1, 0.15) is 5.75 Å². The van der Waals surface area contributed by atoms with Crippen molar-refractivity contribution in [3.8, 4) is 5.75 Å². The van der Waals surface area contributed by atoms with E-state index in [2.05, 4.69) is 5.32 Å². The fourth-order valence-electron chi connectivity index (χ4n) is 2.16. The highest BCUT2D eigenvalue weighted by Gasteiger charge is 2.24. The van der Waals surface area contributed by atoms with Crippen LogP contribution in [0.3, 0.4) is 0 Å². The second-order valence-electron chi connectivity index (χ2n) is 4.59. The van der Waals surface area contributed by atoms with Crippen molar-refractivity contribution in [2.24, 2.45) is 0 Å². The summed E-state index contributed by atoms with van der Waals surface area (Å²) in [6, 6.07) is 7.75. The molecule has 1 aliphatic heterocycles. The van der Waals surface area contributed by atoms with E-state index in [9.17, 15) is 4.79 Å². The van der Waals surface area contributed by atoms with E-state index in [0.717, 1.165) is 29.4 Å². The molecule has 0 aromatic heterocycles. The van der Waals surface area contributed by atoms with Crippen molar-refractivity contribution >= 4 is 17.7 Å². The standard InChI is InChI=1S/C14H20N2O2S/c1-16(14(17)12-10-19-8-7-15-12)9-11-5-3-4-6-13(11)18-2/h3-6,12,15H,7-10H2,1-2H3. The molecule has 1 aliphatic rings. The van der Waals surface area contributed by atoms with E-state index in [0.29, 0.717) is 6.54 Å². The minimum atomic E-state index is -0.0570. The lowest BCUT2D eigenvalue weighted by Crippen LogP contribution is -2.49. The molecule has 1 unspecified atom stereocenters. The lowest BCUT2D eigenvalue weighted by atomic mass is 10.1. The summed E-state index contributed by atoms with van der Waals surface area (Å²) in [6.45, 7) is 1.48. The molecule has 0 bridgehead atoms. The monoisotopic (exact) mass is 280 g/mol. The van der Waals surface area contributed by atoms with Crippen LogP contribution >= 0.6 is 11.8 Å². The van der Waals surface area contributed by atoms with Crippen molar-refractivity contribution < 1.29 is 9.53 Å². The number of carbonyl (C=O) groups excluding carboxylic acids is 1. The Morgan fingerprint density at radius 1 is 1.53 bits per heavy atom. The largest absolute Gasteiger partial charge is 0.496 e. The molecule has 1 atom stereocenters. The zero-order valence-corrected chi connectivity index (χ0v) is 12.2. The van der Waals surface area contributed by atoms with Gasteiger partial charge in [-0.2, -0.15) is 11.8 Å². The molecule has 2 rings (SSSR count). The first kappa shape index (κ1) is 14.2. The Kier molecular flexibility index (Phi) is 5.10. The first-order chi connectivity index (χ1) is 9.22. The van der Waals surface area contributed by atoms with Crippen molar-refractivity contribution in [2.45, 2.75) is 12.6 Å². The number of para-hydroxylation sites is 1. The molecule has 104 valence electrons. The third kappa shape index (κ3) is 3.64. The van der Waals surface area contributed by atoms with E-state index in [1.54, 1.807) is 12.0 Å². The summed E-state index contributed by atoms with van der Waals surface area (Å²) in [7, 11) is 3.50. The van der Waals surface area contributed by atoms with Gasteiger partial charge in [0, 0.05) is 37.2 Å². The third-order valence-electron chi connectivity index (χ3n) is 3.20. The Hall–Kier alpha value is -1.20. The van der Waals surface area contributed by atoms with Gasteiger partial charge in [0.25, 0.3) is 0 Å². The number of ether oxygens (including phenoxy) is 1. The number of rotatable bonds is 4. The highest BCUT2D eigenvalue weighted by Crippen LogP contribution is 2.19. The lowest BCUT2D eigenvalue weighted by Gasteiger charge is -2.27. The Labute approximate surface area is 118 Å². The highest BCUT2D eigenvalue weighted by atomic mass is 32.2. The quantitative estimate of drug-likeness (QED) is 0.904. The molecule has 1 fully saturated rings. The number of amides is 1. The predicted octanol–water partition coefficient (Wildman–Crippen LogP) is 1.36. The molecular formula is C14H20N2O2S. The number of methoxy groups -OCH3 is 1. The van der Waals surface area contributed by atoms with Gasteiger partial charge in [0.15, 0.2) is 0 Å². The molecule has 19 heavy (non-hydrogen) atoms. The van der Waals surface area contributed by atoms with Crippen LogP contribution in [0.4, 0.5) is 0 Å². The summed E-state index contributed by atoms with van der Waals surface area (Å²) in [5, 5.41) is 3.27. The number of nitrogens with one attached hydrogen (secondary N) is 1. The van der Waals surface area contributed by atoms with Crippen LogP contribution in [0.1, 0.15) is 5.56 Å². The predicted molar refractivity (Wildman–Crippen MR) is 78.6 cm³/mol. The molecule has 1 amide bonds. The molecule has 0 radical (unpaired) electrons. The summed E-state index contributed by atoms with van der Waals surface area (Å²) in [6.07, 6.45) is 0. The molecule has 1 aromatic rings. The minimum Gasteiger partial charge on any atom is -0.496 e. The van der Waals surface area contributed by atoms with E-state index in [1.807, 2.05) is 43.1 Å². The molecule has 1 saturated heterocycles. The minimum absolute atomic E-state index is 0.0570. The van der Waals surface area contributed by atoms with Crippen molar-refractivity contribution in [1.82, 2.24) is 10.2 Å². The highest BCUT2D eigenvalue weighted by molar-refractivity contribution is 7.99. The third-order valence-corrected chi connectivity index (χ3v) is 4.26. The van der Waals surface area contributed by atoms with Crippen LogP contribution in [0, 0.1) is 0 Å². The van der Waals surface area contributed by atoms with Crippen LogP contribution in [0.25, 0.3) is 0 Å². The average Bonchev–Trinajstić information content (AvgIpc) is 2.48. The number of benzene rings is 1. The van der Waals surface area contributed by atoms with Crippen molar-refractivity contribution in [3.63, 3.8) is 0 Å². The zero-order valence-electron chi connectivity index (χ0n) is 11.4. The van der Waals surface area contributed by atoms with Gasteiger partial charge in [-0.05, 0) is 6.07 Å². The average molecular weight is 280 g/mol. The van der Waals surface area contributed by atoms with Gasteiger partial charge in [0.2, 0.25) is 5.91 Å². The van der Waals surface area contributed by atoms with Crippen LogP contribution in [0.15, 0.2) is 24.3 Å². The SMILES string of the molecule is COc1ccccc1CN(C)C(=O)C1CSCCN1. The van der Waals surface area contributed by atoms with Gasteiger partial charge in [-0.15, -0.1) is 0 Å². The maximum absolute atomic E-state index is 12.3. The molecule has 0 saturated carbocycles. The van der Waals surface area contributed by atoms with Crippen LogP contribution in [-0.4, -0.2) is 49.1 Å². The molecule has 5 heteroatoms. The lowest BCUT2D eigenvalue weighted by molar-refractivity contribution is -0.132. The Morgan fingerprint density at radius 3 is 3.00 bits per heavy atom. The molecule has 1 aromatic carbocycles. The summed E-state index contributed by atoms with van der Waals surface area (Å²) >= 11 is 1.83. The Balaban J connectivity index is 1.99. The molecule has 1 N–H and O–H groups in total. The zero-order chi connectivity index (χ0) is 13.7. The van der Waals surface area contributed by atoms with E-state index >= 15 is 0 Å². The van der Waals surface area contributed by atoms with Crippen molar-refractivity contribution in [2.75, 3.05) is 32.2 Å². The maximum Gasteiger partial charge on any atom is 0.240 e. The fraction of sp³-hybridized carbons (Fsp3) is 0.500. The van der Waals surface area contributed by atoms with Gasteiger partial charge >= 0.3 is 0 Å². The maximum atomic E-state index is 12.3. The van der Waals surface area contributed by atoms with Gasteiger partial charge in [0.05, 0.1) is 13.2 Å². The first-order valence-corrected chi connectivity index (χ1v) is 7.56. The van der Waals surface area contributed by atoms with Gasteiger partial charge < -0.3 is 15.0 Å². The number of carbonyl (C=O) groups is 1. The molecule has 1 heterocycles. The Bertz CT molecular complexity index is 433. The number of nitrogens with zero attached hydrogens (tertiary/aromatic N) is 1. The van der Waals surface area contributed by atoms with E-state index in [4.69, 9.17) is 4.74 Å². The fourth-order valence-corrected chi connectivity index (χ4v) is 3.08. The van der Waals surface area contributed by atoms with E-state index in [-0.39, 0.29) is 11.9 Å². The molecule has 0 spiro atoms. The summed E-state index contributed by atoms with van der Waals surface area (Å²) < 4.78 is 5.31. The second-order valence-corrected chi connectivity index (χ2v) is 5.74. The first-order valence-electron chi connectivity index (χ1n) is 6.40. The second kappa shape index (κ2) is 6.82. The summed E-state index contributed by atoms with van der Waals surface area (Å²) in [5.74, 6) is 2.92. The summed E-state index contributed by atoms with van der Waals surface area (Å²) in [5.41, 5.74) is 1.03. The van der Waals surface area contributed by atoms with Crippen LogP contribution < -0.4 is 10.1 Å². The van der Waals surface area contributed by atoms with Crippen LogP contribution in [0.5, 0.6) is 5.75 Å². The van der Waals surface area contributed by atoms with Crippen molar-refractivity contribution in [3.05, 3.63) is 29.8 Å². The Morgan fingerprint density at radius 2 is 2.32 bits per heavy atom. The van der Waals surface area contributed by atoms with E-state index < -0.39 is 0 Å². The smallest absolute Gasteiger partial charge is 0.240 e. The summed E-state index contributed by atoms with van der Waals surface area (Å²) in [4.78, 5) is 14.1. The number of likely N-dealkylation sites (N-methyl/N-ethyl adjacent to an activating group) is 1. The number of thioether (sulfide) groups is 1.